The zero-order chi connectivity index (χ0) is 14.9. The number of hydrogen-bond donors (Lipinski definition) is 2. The molecule has 0 saturated carbocycles. The molecular formula is C16H26N4O. The molecule has 0 spiro atoms. The number of urea groups is 1. The minimum absolute atomic E-state index is 0.0690. The Hall–Kier alpha value is -1.62. The number of aromatic nitrogens is 1. The number of likely N-dealkylation sites (N-methyl/N-ethyl adjacent to an activating group) is 1. The lowest BCUT2D eigenvalue weighted by Crippen LogP contribution is -2.48. The third-order valence-electron chi connectivity index (χ3n) is 4.08. The number of nitrogens with zero attached hydrogens (tertiary/aromatic N) is 2. The fourth-order valence-corrected chi connectivity index (χ4v) is 2.85. The van der Waals surface area contributed by atoms with Crippen LogP contribution in [0.5, 0.6) is 0 Å². The van der Waals surface area contributed by atoms with Crippen LogP contribution < -0.4 is 10.6 Å². The molecule has 1 saturated heterocycles. The number of likely N-dealkylation sites (tertiary alicyclic amines) is 1. The van der Waals surface area contributed by atoms with Gasteiger partial charge in [-0.25, -0.2) is 4.79 Å². The molecule has 5 nitrogen and oxygen atoms in total. The van der Waals surface area contributed by atoms with E-state index in [4.69, 9.17) is 0 Å². The predicted octanol–water partition coefficient (Wildman–Crippen LogP) is 1.80. The molecular weight excluding hydrogens is 264 g/mol. The van der Waals surface area contributed by atoms with Crippen molar-refractivity contribution in [3.63, 3.8) is 0 Å². The third kappa shape index (κ3) is 5.34. The van der Waals surface area contributed by atoms with E-state index in [1.165, 1.54) is 19.3 Å². The topological polar surface area (TPSA) is 57.3 Å². The Labute approximate surface area is 127 Å². The first-order chi connectivity index (χ1) is 10.3. The van der Waals surface area contributed by atoms with Crippen LogP contribution in [0.25, 0.3) is 0 Å². The number of piperidine rings is 1. The molecule has 0 radical (unpaired) electrons. The van der Waals surface area contributed by atoms with Crippen molar-refractivity contribution in [2.24, 2.45) is 0 Å². The van der Waals surface area contributed by atoms with Crippen molar-refractivity contribution >= 4 is 6.03 Å². The van der Waals surface area contributed by atoms with Crippen molar-refractivity contribution in [2.75, 3.05) is 26.2 Å². The second kappa shape index (κ2) is 8.62. The zero-order valence-electron chi connectivity index (χ0n) is 12.8. The van der Waals surface area contributed by atoms with Crippen LogP contribution in [0.4, 0.5) is 4.79 Å². The van der Waals surface area contributed by atoms with Gasteiger partial charge in [0, 0.05) is 31.5 Å². The summed E-state index contributed by atoms with van der Waals surface area (Å²) in [7, 11) is 0. The van der Waals surface area contributed by atoms with Gasteiger partial charge in [0.05, 0.1) is 0 Å². The molecule has 116 valence electrons. The first kappa shape index (κ1) is 15.8. The van der Waals surface area contributed by atoms with Gasteiger partial charge < -0.3 is 10.6 Å². The van der Waals surface area contributed by atoms with Gasteiger partial charge in [0.15, 0.2) is 0 Å². The van der Waals surface area contributed by atoms with Crippen LogP contribution in [0.15, 0.2) is 24.5 Å². The van der Waals surface area contributed by atoms with E-state index in [0.717, 1.165) is 31.6 Å². The van der Waals surface area contributed by atoms with Gasteiger partial charge in [-0.3, -0.25) is 9.88 Å². The molecule has 1 fully saturated rings. The number of carbonyl (C=O) groups is 1. The van der Waals surface area contributed by atoms with Gasteiger partial charge in [0.1, 0.15) is 0 Å². The summed E-state index contributed by atoms with van der Waals surface area (Å²) in [4.78, 5) is 18.3. The highest BCUT2D eigenvalue weighted by atomic mass is 16.2. The SMILES string of the molecule is CCN1CCCCC1CNC(=O)NCCc1cccnc1. The quantitative estimate of drug-likeness (QED) is 0.840. The number of carbonyl (C=O) groups excluding carboxylic acids is 1. The average molecular weight is 290 g/mol. The van der Waals surface area contributed by atoms with Gasteiger partial charge in [-0.2, -0.15) is 0 Å². The van der Waals surface area contributed by atoms with Crippen LogP contribution in [0.1, 0.15) is 31.7 Å². The largest absolute Gasteiger partial charge is 0.338 e. The van der Waals surface area contributed by atoms with Crippen LogP contribution >= 0.6 is 0 Å². The zero-order valence-corrected chi connectivity index (χ0v) is 12.8. The maximum Gasteiger partial charge on any atom is 0.314 e. The molecule has 2 amide bonds. The predicted molar refractivity (Wildman–Crippen MR) is 84.2 cm³/mol. The van der Waals surface area contributed by atoms with Gasteiger partial charge in [-0.1, -0.05) is 19.4 Å². The Kier molecular flexibility index (Phi) is 6.47. The van der Waals surface area contributed by atoms with Crippen molar-refractivity contribution in [1.82, 2.24) is 20.5 Å². The normalized spacial score (nSPS) is 19.2. The first-order valence-corrected chi connectivity index (χ1v) is 7.94. The maximum atomic E-state index is 11.8. The number of rotatable bonds is 6. The molecule has 2 rings (SSSR count). The first-order valence-electron chi connectivity index (χ1n) is 7.94. The van der Waals surface area contributed by atoms with Gasteiger partial charge in [-0.05, 0) is 44.0 Å². The molecule has 21 heavy (non-hydrogen) atoms. The average Bonchev–Trinajstić information content (AvgIpc) is 2.54. The summed E-state index contributed by atoms with van der Waals surface area (Å²) >= 11 is 0. The van der Waals surface area contributed by atoms with E-state index in [2.05, 4.69) is 27.4 Å². The van der Waals surface area contributed by atoms with Crippen molar-refractivity contribution < 1.29 is 4.79 Å². The highest BCUT2D eigenvalue weighted by Crippen LogP contribution is 2.15. The Morgan fingerprint density at radius 2 is 2.33 bits per heavy atom. The number of nitrogens with one attached hydrogen (secondary N) is 2. The standard InChI is InChI=1S/C16H26N4O/c1-2-20-11-4-3-7-15(20)13-19-16(21)18-10-8-14-6-5-9-17-12-14/h5-6,9,12,15H,2-4,7-8,10-11,13H2,1H3,(H2,18,19,21). The molecule has 0 bridgehead atoms. The molecule has 1 aromatic heterocycles. The summed E-state index contributed by atoms with van der Waals surface area (Å²) in [6, 6.07) is 4.36. The summed E-state index contributed by atoms with van der Waals surface area (Å²) in [6.07, 6.45) is 8.14. The molecule has 2 heterocycles. The Bertz CT molecular complexity index is 424. The fourth-order valence-electron chi connectivity index (χ4n) is 2.85. The number of amides is 2. The summed E-state index contributed by atoms with van der Waals surface area (Å²) in [5.74, 6) is 0. The Balaban J connectivity index is 1.63. The van der Waals surface area contributed by atoms with Crippen molar-refractivity contribution in [3.8, 4) is 0 Å². The molecule has 0 aromatic carbocycles. The van der Waals surface area contributed by atoms with Crippen LogP contribution in [0.2, 0.25) is 0 Å². The lowest BCUT2D eigenvalue weighted by atomic mass is 10.0. The maximum absolute atomic E-state index is 11.8. The highest BCUT2D eigenvalue weighted by Gasteiger charge is 2.20. The van der Waals surface area contributed by atoms with Gasteiger partial charge >= 0.3 is 6.03 Å². The van der Waals surface area contributed by atoms with Crippen LogP contribution in [0, 0.1) is 0 Å². The molecule has 1 unspecified atom stereocenters. The van der Waals surface area contributed by atoms with Crippen molar-refractivity contribution in [3.05, 3.63) is 30.1 Å². The van der Waals surface area contributed by atoms with E-state index in [-0.39, 0.29) is 6.03 Å². The number of hydrogen-bond acceptors (Lipinski definition) is 3. The monoisotopic (exact) mass is 290 g/mol. The lowest BCUT2D eigenvalue weighted by molar-refractivity contribution is 0.153. The van der Waals surface area contributed by atoms with E-state index in [1.807, 2.05) is 18.3 Å². The van der Waals surface area contributed by atoms with Crippen LogP contribution in [-0.2, 0) is 6.42 Å². The van der Waals surface area contributed by atoms with Crippen molar-refractivity contribution in [1.29, 1.82) is 0 Å². The van der Waals surface area contributed by atoms with E-state index in [1.54, 1.807) is 6.20 Å². The van der Waals surface area contributed by atoms with Crippen molar-refractivity contribution in [2.45, 2.75) is 38.6 Å². The van der Waals surface area contributed by atoms with Crippen LogP contribution in [0.3, 0.4) is 0 Å². The molecule has 5 heteroatoms. The fraction of sp³-hybridized carbons (Fsp3) is 0.625. The Morgan fingerprint density at radius 3 is 3.10 bits per heavy atom. The van der Waals surface area contributed by atoms with E-state index in [9.17, 15) is 4.79 Å². The van der Waals surface area contributed by atoms with E-state index in [0.29, 0.717) is 12.6 Å². The molecule has 1 aliphatic rings. The second-order valence-corrected chi connectivity index (χ2v) is 5.53. The Morgan fingerprint density at radius 1 is 1.43 bits per heavy atom. The van der Waals surface area contributed by atoms with Gasteiger partial charge in [-0.15, -0.1) is 0 Å². The van der Waals surface area contributed by atoms with Gasteiger partial charge in [0.2, 0.25) is 0 Å². The smallest absolute Gasteiger partial charge is 0.314 e. The second-order valence-electron chi connectivity index (χ2n) is 5.53. The minimum Gasteiger partial charge on any atom is -0.338 e. The highest BCUT2D eigenvalue weighted by molar-refractivity contribution is 5.73. The number of pyridine rings is 1. The minimum atomic E-state index is -0.0690. The van der Waals surface area contributed by atoms with Gasteiger partial charge in [0.25, 0.3) is 0 Å². The summed E-state index contributed by atoms with van der Waals surface area (Å²) in [5.41, 5.74) is 1.14. The molecule has 1 atom stereocenters. The van der Waals surface area contributed by atoms with Crippen LogP contribution in [-0.4, -0.2) is 48.1 Å². The third-order valence-corrected chi connectivity index (χ3v) is 4.08. The lowest BCUT2D eigenvalue weighted by Gasteiger charge is -2.34. The molecule has 1 aromatic rings. The molecule has 2 N–H and O–H groups in total. The van der Waals surface area contributed by atoms with E-state index < -0.39 is 0 Å². The van der Waals surface area contributed by atoms with E-state index >= 15 is 0 Å². The summed E-state index contributed by atoms with van der Waals surface area (Å²) in [5, 5.41) is 5.90. The molecule has 1 aliphatic heterocycles. The summed E-state index contributed by atoms with van der Waals surface area (Å²) < 4.78 is 0. The summed E-state index contributed by atoms with van der Waals surface area (Å²) in [6.45, 7) is 5.79. The molecule has 0 aliphatic carbocycles.